The largest absolute Gasteiger partial charge is 0.0825 e. The topological polar surface area (TPSA) is 0 Å². The molecule has 0 N–H and O–H groups in total. The Bertz CT molecular complexity index is 149. The lowest BCUT2D eigenvalue weighted by atomic mass is 9.92. The van der Waals surface area contributed by atoms with Crippen LogP contribution in [0.1, 0.15) is 54.4 Å². The van der Waals surface area contributed by atoms with Crippen molar-refractivity contribution in [3.05, 3.63) is 11.6 Å². The third kappa shape index (κ3) is 6.86. The van der Waals surface area contributed by atoms with Crippen molar-refractivity contribution >= 4 is 0 Å². The molecular weight excluding hydrogens is 156 g/mol. The fourth-order valence-electron chi connectivity index (χ4n) is 1.45. The average Bonchev–Trinajstić information content (AvgIpc) is 1.96. The fraction of sp³-hybridized carbons (Fsp3) is 0.846. The van der Waals surface area contributed by atoms with Crippen molar-refractivity contribution < 1.29 is 0 Å². The monoisotopic (exact) mass is 182 g/mol. The van der Waals surface area contributed by atoms with Crippen LogP contribution in [0.25, 0.3) is 0 Å². The van der Waals surface area contributed by atoms with Crippen molar-refractivity contribution in [2.45, 2.75) is 54.4 Å². The lowest BCUT2D eigenvalue weighted by Crippen LogP contribution is -1.99. The molecular formula is C13H26. The Labute approximate surface area is 84.4 Å². The molecule has 0 heterocycles. The quantitative estimate of drug-likeness (QED) is 0.542. The maximum Gasteiger partial charge on any atom is -0.0260 e. The summed E-state index contributed by atoms with van der Waals surface area (Å²) in [6.45, 7) is 13.7. The Morgan fingerprint density at radius 2 is 1.54 bits per heavy atom. The zero-order valence-corrected chi connectivity index (χ0v) is 10.2. The van der Waals surface area contributed by atoms with Gasteiger partial charge in [0, 0.05) is 0 Å². The molecule has 0 atom stereocenters. The highest BCUT2D eigenvalue weighted by Gasteiger charge is 2.05. The van der Waals surface area contributed by atoms with Gasteiger partial charge in [-0.25, -0.2) is 0 Å². The fourth-order valence-corrected chi connectivity index (χ4v) is 1.45. The van der Waals surface area contributed by atoms with Gasteiger partial charge in [-0.2, -0.15) is 0 Å². The van der Waals surface area contributed by atoms with Crippen LogP contribution < -0.4 is 0 Å². The van der Waals surface area contributed by atoms with E-state index in [1.54, 1.807) is 5.57 Å². The summed E-state index contributed by atoms with van der Waals surface area (Å²) in [7, 11) is 0. The Morgan fingerprint density at radius 1 is 1.00 bits per heavy atom. The molecule has 78 valence electrons. The second-order valence-corrected chi connectivity index (χ2v) is 5.07. The molecule has 0 bridgehead atoms. The van der Waals surface area contributed by atoms with Gasteiger partial charge >= 0.3 is 0 Å². The van der Waals surface area contributed by atoms with E-state index in [1.807, 2.05) is 0 Å². The van der Waals surface area contributed by atoms with Crippen LogP contribution in [-0.2, 0) is 0 Å². The lowest BCUT2D eigenvalue weighted by Gasteiger charge is -2.14. The van der Waals surface area contributed by atoms with E-state index in [0.717, 1.165) is 11.8 Å². The Morgan fingerprint density at radius 3 is 1.85 bits per heavy atom. The summed E-state index contributed by atoms with van der Waals surface area (Å²) >= 11 is 0. The minimum absolute atomic E-state index is 0.699. The molecule has 0 heteroatoms. The summed E-state index contributed by atoms with van der Waals surface area (Å²) in [6.07, 6.45) is 5.05. The summed E-state index contributed by atoms with van der Waals surface area (Å²) in [5.41, 5.74) is 1.64. The normalized spacial score (nSPS) is 13.5. The first-order chi connectivity index (χ1) is 5.93. The van der Waals surface area contributed by atoms with Crippen molar-refractivity contribution in [3.8, 4) is 0 Å². The molecule has 0 fully saturated rings. The predicted molar refractivity (Wildman–Crippen MR) is 61.8 cm³/mol. The van der Waals surface area contributed by atoms with E-state index in [4.69, 9.17) is 0 Å². The third-order valence-corrected chi connectivity index (χ3v) is 2.30. The first kappa shape index (κ1) is 12.7. The molecule has 0 nitrogen and oxygen atoms in total. The van der Waals surface area contributed by atoms with Crippen LogP contribution in [0.5, 0.6) is 0 Å². The van der Waals surface area contributed by atoms with Crippen LogP contribution in [0, 0.1) is 17.8 Å². The highest BCUT2D eigenvalue weighted by molar-refractivity contribution is 5.06. The maximum absolute atomic E-state index is 2.44. The molecule has 0 aliphatic rings. The minimum atomic E-state index is 0.699. The van der Waals surface area contributed by atoms with Gasteiger partial charge in [-0.15, -0.1) is 0 Å². The van der Waals surface area contributed by atoms with Gasteiger partial charge in [-0.1, -0.05) is 53.2 Å². The van der Waals surface area contributed by atoms with E-state index < -0.39 is 0 Å². The van der Waals surface area contributed by atoms with Gasteiger partial charge in [0.25, 0.3) is 0 Å². The summed E-state index contributed by atoms with van der Waals surface area (Å²) in [5.74, 6) is 2.25. The van der Waals surface area contributed by atoms with Gasteiger partial charge in [-0.3, -0.25) is 0 Å². The summed E-state index contributed by atoms with van der Waals surface area (Å²) in [5, 5.41) is 0. The Hall–Kier alpha value is -0.260. The molecule has 0 aromatic carbocycles. The van der Waals surface area contributed by atoms with Crippen LogP contribution in [0.4, 0.5) is 0 Å². The predicted octanol–water partition coefficient (Wildman–Crippen LogP) is 4.66. The number of rotatable bonds is 5. The van der Waals surface area contributed by atoms with Gasteiger partial charge in [0.15, 0.2) is 0 Å². The molecule has 0 aliphatic heterocycles. The van der Waals surface area contributed by atoms with E-state index in [-0.39, 0.29) is 0 Å². The van der Waals surface area contributed by atoms with Crippen LogP contribution in [0.3, 0.4) is 0 Å². The summed E-state index contributed by atoms with van der Waals surface area (Å²) in [6, 6.07) is 0. The molecule has 0 unspecified atom stereocenters. The van der Waals surface area contributed by atoms with Crippen LogP contribution in [-0.4, -0.2) is 0 Å². The van der Waals surface area contributed by atoms with Crippen molar-refractivity contribution in [1.29, 1.82) is 0 Å². The smallest absolute Gasteiger partial charge is 0.0260 e. The second kappa shape index (κ2) is 6.23. The van der Waals surface area contributed by atoms with Crippen LogP contribution in [0.2, 0.25) is 0 Å². The maximum atomic E-state index is 2.44. The molecule has 0 saturated carbocycles. The second-order valence-electron chi connectivity index (χ2n) is 5.07. The lowest BCUT2D eigenvalue weighted by molar-refractivity contribution is 0.555. The number of hydrogen-bond donors (Lipinski definition) is 0. The highest BCUT2D eigenvalue weighted by Crippen LogP contribution is 2.20. The molecule has 0 spiro atoms. The van der Waals surface area contributed by atoms with Crippen molar-refractivity contribution in [2.75, 3.05) is 0 Å². The van der Waals surface area contributed by atoms with E-state index >= 15 is 0 Å². The molecule has 0 aromatic rings. The number of allylic oxidation sites excluding steroid dienone is 2. The molecule has 0 aromatic heterocycles. The zero-order chi connectivity index (χ0) is 10.4. The standard InChI is InChI=1S/C13H26/c1-10(2)7-8-13(12(5)6)9-11(3)4/h9-12H,7-8H2,1-6H3. The van der Waals surface area contributed by atoms with E-state index in [0.29, 0.717) is 5.92 Å². The molecule has 0 rings (SSSR count). The molecule has 0 saturated heterocycles. The van der Waals surface area contributed by atoms with Gasteiger partial charge < -0.3 is 0 Å². The molecule has 13 heavy (non-hydrogen) atoms. The molecule has 0 radical (unpaired) electrons. The Balaban J connectivity index is 4.11. The third-order valence-electron chi connectivity index (χ3n) is 2.30. The van der Waals surface area contributed by atoms with Gasteiger partial charge in [-0.05, 0) is 30.6 Å². The Kier molecular flexibility index (Phi) is 6.11. The van der Waals surface area contributed by atoms with Crippen molar-refractivity contribution in [3.63, 3.8) is 0 Å². The minimum Gasteiger partial charge on any atom is -0.0825 e. The first-order valence-corrected chi connectivity index (χ1v) is 5.64. The zero-order valence-electron chi connectivity index (χ0n) is 10.2. The molecule has 0 amide bonds. The summed E-state index contributed by atoms with van der Waals surface area (Å²) < 4.78 is 0. The van der Waals surface area contributed by atoms with Crippen molar-refractivity contribution in [1.82, 2.24) is 0 Å². The van der Waals surface area contributed by atoms with E-state index in [9.17, 15) is 0 Å². The van der Waals surface area contributed by atoms with Crippen molar-refractivity contribution in [2.24, 2.45) is 17.8 Å². The van der Waals surface area contributed by atoms with Gasteiger partial charge in [0.2, 0.25) is 0 Å². The average molecular weight is 182 g/mol. The highest BCUT2D eigenvalue weighted by atomic mass is 14.1. The number of hydrogen-bond acceptors (Lipinski definition) is 0. The van der Waals surface area contributed by atoms with Gasteiger partial charge in [0.1, 0.15) is 0 Å². The van der Waals surface area contributed by atoms with E-state index in [2.05, 4.69) is 47.6 Å². The van der Waals surface area contributed by atoms with E-state index in [1.165, 1.54) is 12.8 Å². The van der Waals surface area contributed by atoms with Crippen LogP contribution >= 0.6 is 0 Å². The first-order valence-electron chi connectivity index (χ1n) is 5.64. The SMILES string of the molecule is CC(C)C=C(CCC(C)C)C(C)C. The van der Waals surface area contributed by atoms with Gasteiger partial charge in [0.05, 0.1) is 0 Å². The summed E-state index contributed by atoms with van der Waals surface area (Å²) in [4.78, 5) is 0. The van der Waals surface area contributed by atoms with Crippen LogP contribution in [0.15, 0.2) is 11.6 Å². The molecule has 0 aliphatic carbocycles.